The van der Waals surface area contributed by atoms with E-state index in [4.69, 9.17) is 0 Å². The molecule has 0 aromatic heterocycles. The Morgan fingerprint density at radius 2 is 2.38 bits per heavy atom. The zero-order chi connectivity index (χ0) is 5.54. The zero-order valence-corrected chi connectivity index (χ0v) is 8.19. The van der Waals surface area contributed by atoms with Gasteiger partial charge >= 0.3 is 46.4 Å². The molecule has 0 fully saturated rings. The molecule has 0 radical (unpaired) electrons. The molecule has 46 valence electrons. The second-order valence-corrected chi connectivity index (χ2v) is 1.67. The van der Waals surface area contributed by atoms with Crippen LogP contribution in [-0.2, 0) is 9.09 Å². The first-order valence-corrected chi connectivity index (χ1v) is 3.09. The van der Waals surface area contributed by atoms with Gasteiger partial charge in [0.05, 0.1) is 6.61 Å². The van der Waals surface area contributed by atoms with Crippen LogP contribution in [0.1, 0.15) is 22.6 Å². The van der Waals surface area contributed by atoms with Crippen LogP contribution >= 0.6 is 8.69 Å². The quantitative estimate of drug-likeness (QED) is 0.358. The van der Waals surface area contributed by atoms with Gasteiger partial charge in [-0.3, -0.25) is 4.52 Å². The van der Waals surface area contributed by atoms with Crippen molar-refractivity contribution in [1.29, 1.82) is 0 Å². The van der Waals surface area contributed by atoms with Crippen molar-refractivity contribution in [2.75, 3.05) is 6.61 Å². The van der Waals surface area contributed by atoms with Crippen molar-refractivity contribution in [2.24, 2.45) is 0 Å². The van der Waals surface area contributed by atoms with Crippen molar-refractivity contribution in [3.05, 3.63) is 0 Å². The van der Waals surface area contributed by atoms with E-state index in [2.05, 4.69) is 11.4 Å². The minimum Gasteiger partial charge on any atom is -1.00 e. The number of hydrogen-bond acceptors (Lipinski definition) is 2. The first-order chi connectivity index (χ1) is 3.41. The second-order valence-electron chi connectivity index (χ2n) is 1.26. The Morgan fingerprint density at radius 1 is 1.75 bits per heavy atom. The van der Waals surface area contributed by atoms with Gasteiger partial charge in [-0.2, -0.15) is 0 Å². The van der Waals surface area contributed by atoms with Crippen molar-refractivity contribution in [3.8, 4) is 0 Å². The molecule has 0 unspecified atom stereocenters. The fourth-order valence-electron chi connectivity index (χ4n) is 0.246. The summed E-state index contributed by atoms with van der Waals surface area (Å²) in [6, 6.07) is 0. The van der Waals surface area contributed by atoms with Gasteiger partial charge in [0.15, 0.2) is 0 Å². The fraction of sp³-hybridized carbons (Fsp3) is 1.00. The van der Waals surface area contributed by atoms with Crippen LogP contribution in [0.3, 0.4) is 0 Å². The molecule has 0 aromatic rings. The Morgan fingerprint density at radius 3 is 2.75 bits per heavy atom. The van der Waals surface area contributed by atoms with Crippen LogP contribution in [0.25, 0.3) is 0 Å². The maximum atomic E-state index is 9.55. The Bertz CT molecular complexity index is 58.5. The average Bonchev–Trinajstić information content (AvgIpc) is 1.69. The predicted molar refractivity (Wildman–Crippen MR) is 36.4 cm³/mol. The van der Waals surface area contributed by atoms with E-state index in [1.807, 2.05) is 0 Å². The van der Waals surface area contributed by atoms with Crippen molar-refractivity contribution >= 4 is 46.4 Å². The minimum absolute atomic E-state index is 0. The van der Waals surface area contributed by atoms with Gasteiger partial charge in [0.25, 0.3) is 0 Å². The molecule has 0 aliphatic carbocycles. The van der Waals surface area contributed by atoms with Crippen LogP contribution in [0.15, 0.2) is 0 Å². The molecule has 0 atom stereocenters. The standard InChI is InChI=1S/C4H9O2P.Ca.2H/c1-2-3-4-6-7-5;;;/h2-4H2,1H3;;;/q;+2;2*-1. The Kier molecular flexibility index (Phi) is 16.8. The van der Waals surface area contributed by atoms with E-state index >= 15 is 0 Å². The zero-order valence-electron chi connectivity index (χ0n) is 7.09. The fourth-order valence-corrected chi connectivity index (χ4v) is 0.450. The minimum atomic E-state index is -0.195. The Hall–Kier alpha value is 1.32. The first kappa shape index (κ1) is 12.0. The smallest absolute Gasteiger partial charge is 1.00 e. The topological polar surface area (TPSA) is 26.3 Å². The van der Waals surface area contributed by atoms with Crippen LogP contribution in [0.2, 0.25) is 0 Å². The van der Waals surface area contributed by atoms with Gasteiger partial charge in [0.1, 0.15) is 0 Å². The number of rotatable bonds is 4. The van der Waals surface area contributed by atoms with Crippen LogP contribution in [0.4, 0.5) is 0 Å². The van der Waals surface area contributed by atoms with E-state index in [1.165, 1.54) is 0 Å². The molecule has 0 N–H and O–H groups in total. The summed E-state index contributed by atoms with van der Waals surface area (Å²) in [6.07, 6.45) is 2.09. The van der Waals surface area contributed by atoms with Crippen LogP contribution in [-0.4, -0.2) is 44.3 Å². The molecule has 0 saturated heterocycles. The van der Waals surface area contributed by atoms with Gasteiger partial charge in [-0.05, 0) is 6.42 Å². The molecule has 0 heterocycles. The molecule has 0 aliphatic rings. The van der Waals surface area contributed by atoms with E-state index in [-0.39, 0.29) is 49.3 Å². The number of hydrogen-bond donors (Lipinski definition) is 0. The van der Waals surface area contributed by atoms with Gasteiger partial charge in [-0.1, -0.05) is 13.3 Å². The van der Waals surface area contributed by atoms with Crippen molar-refractivity contribution in [3.63, 3.8) is 0 Å². The molecule has 0 amide bonds. The molecular formula is C4H11CaO2P. The van der Waals surface area contributed by atoms with Crippen molar-refractivity contribution in [2.45, 2.75) is 19.8 Å². The maximum absolute atomic E-state index is 9.55. The normalized spacial score (nSPS) is 8.62. The summed E-state index contributed by atoms with van der Waals surface area (Å²) < 4.78 is 14.0. The summed E-state index contributed by atoms with van der Waals surface area (Å²) in [5, 5.41) is 0. The maximum Gasteiger partial charge on any atom is 2.00 e. The summed E-state index contributed by atoms with van der Waals surface area (Å²) in [4.78, 5) is 0. The largest absolute Gasteiger partial charge is 2.00 e. The number of unbranched alkanes of at least 4 members (excludes halogenated alkanes) is 1. The van der Waals surface area contributed by atoms with E-state index in [9.17, 15) is 4.57 Å². The summed E-state index contributed by atoms with van der Waals surface area (Å²) in [5.74, 6) is 0. The third-order valence-electron chi connectivity index (χ3n) is 0.642. The van der Waals surface area contributed by atoms with Crippen LogP contribution in [0.5, 0.6) is 0 Å². The van der Waals surface area contributed by atoms with Crippen molar-refractivity contribution < 1.29 is 11.9 Å². The third-order valence-corrected chi connectivity index (χ3v) is 0.930. The van der Waals surface area contributed by atoms with Gasteiger partial charge < -0.3 is 2.85 Å². The molecular weight excluding hydrogens is 151 g/mol. The average molecular weight is 162 g/mol. The van der Waals surface area contributed by atoms with E-state index in [1.54, 1.807) is 0 Å². The molecule has 4 heteroatoms. The molecule has 0 spiro atoms. The van der Waals surface area contributed by atoms with Gasteiger partial charge in [-0.25, -0.2) is 4.57 Å². The molecule has 0 aromatic carbocycles. The van der Waals surface area contributed by atoms with Gasteiger partial charge in [-0.15, -0.1) is 0 Å². The second kappa shape index (κ2) is 11.2. The van der Waals surface area contributed by atoms with E-state index in [0.29, 0.717) is 6.61 Å². The summed E-state index contributed by atoms with van der Waals surface area (Å²) >= 11 is 0. The van der Waals surface area contributed by atoms with Crippen molar-refractivity contribution in [1.82, 2.24) is 0 Å². The molecule has 0 aliphatic heterocycles. The predicted octanol–water partition coefficient (Wildman–Crippen LogP) is 1.85. The van der Waals surface area contributed by atoms with Crippen LogP contribution in [0, 0.1) is 0 Å². The molecule has 8 heavy (non-hydrogen) atoms. The SMILES string of the molecule is CCCCOP=O.[Ca+2].[H-].[H-]. The Labute approximate surface area is 84.2 Å². The summed E-state index contributed by atoms with van der Waals surface area (Å²) in [6.45, 7) is 2.67. The first-order valence-electron chi connectivity index (χ1n) is 2.36. The molecule has 0 rings (SSSR count). The van der Waals surface area contributed by atoms with E-state index in [0.717, 1.165) is 12.8 Å². The molecule has 0 bridgehead atoms. The Balaban J connectivity index is -0.0000000600. The third kappa shape index (κ3) is 10.3. The van der Waals surface area contributed by atoms with Crippen LogP contribution < -0.4 is 0 Å². The molecule has 0 saturated carbocycles. The van der Waals surface area contributed by atoms with E-state index < -0.39 is 0 Å². The summed E-state index contributed by atoms with van der Waals surface area (Å²) in [5.41, 5.74) is 0. The van der Waals surface area contributed by atoms with Gasteiger partial charge in [0.2, 0.25) is 0 Å². The van der Waals surface area contributed by atoms with Gasteiger partial charge in [0, 0.05) is 0 Å². The summed E-state index contributed by atoms with van der Waals surface area (Å²) in [7, 11) is -0.195. The molecule has 2 nitrogen and oxygen atoms in total. The monoisotopic (exact) mass is 162 g/mol.